The van der Waals surface area contributed by atoms with Crippen molar-refractivity contribution in [3.05, 3.63) is 18.6 Å². The summed E-state index contributed by atoms with van der Waals surface area (Å²) in [5, 5.41) is 0. The number of esters is 1. The van der Waals surface area contributed by atoms with Crippen molar-refractivity contribution in [1.29, 1.82) is 0 Å². The molecule has 1 saturated carbocycles. The molecule has 12 heavy (non-hydrogen) atoms. The molecule has 0 spiro atoms. The van der Waals surface area contributed by atoms with Crippen LogP contribution in [0, 0.1) is 24.2 Å². The molecule has 2 heteroatoms. The highest BCUT2D eigenvalue weighted by Crippen LogP contribution is 2.42. The van der Waals surface area contributed by atoms with Crippen molar-refractivity contribution in [3.63, 3.8) is 0 Å². The predicted molar refractivity (Wildman–Crippen MR) is 45.2 cm³/mol. The van der Waals surface area contributed by atoms with Gasteiger partial charge in [-0.05, 0) is 31.6 Å². The highest BCUT2D eigenvalue weighted by Gasteiger charge is 2.40. The van der Waals surface area contributed by atoms with Crippen LogP contribution in [-0.2, 0) is 9.53 Å². The number of hydrogen-bond acceptors (Lipinski definition) is 2. The summed E-state index contributed by atoms with van der Waals surface area (Å²) in [4.78, 5) is 11.3. The molecule has 0 aromatic carbocycles. The van der Waals surface area contributed by atoms with Crippen molar-refractivity contribution in [2.75, 3.05) is 6.61 Å². The smallest absolute Gasteiger partial charge is 0.309 e. The fourth-order valence-corrected chi connectivity index (χ4v) is 2.07. The van der Waals surface area contributed by atoms with Gasteiger partial charge >= 0.3 is 5.97 Å². The van der Waals surface area contributed by atoms with Gasteiger partial charge in [0.25, 0.3) is 0 Å². The highest BCUT2D eigenvalue weighted by atomic mass is 16.5. The molecule has 0 aromatic rings. The minimum absolute atomic E-state index is 0.0416. The molecule has 2 aliphatic carbocycles. The topological polar surface area (TPSA) is 26.3 Å². The summed E-state index contributed by atoms with van der Waals surface area (Å²) in [6, 6.07) is 0. The van der Waals surface area contributed by atoms with Crippen LogP contribution in [0.15, 0.2) is 12.2 Å². The maximum absolute atomic E-state index is 11.3. The van der Waals surface area contributed by atoms with Crippen molar-refractivity contribution in [1.82, 2.24) is 0 Å². The summed E-state index contributed by atoms with van der Waals surface area (Å²) in [6.07, 6.45) is 7.55. The average molecular weight is 165 g/mol. The molecule has 0 aliphatic heterocycles. The maximum atomic E-state index is 11.3. The van der Waals surface area contributed by atoms with Gasteiger partial charge in [-0.25, -0.2) is 0 Å². The van der Waals surface area contributed by atoms with Crippen LogP contribution < -0.4 is 0 Å². The molecule has 0 heterocycles. The molecule has 2 bridgehead atoms. The lowest BCUT2D eigenvalue weighted by Crippen LogP contribution is -2.21. The second-order valence-electron chi connectivity index (χ2n) is 3.42. The van der Waals surface area contributed by atoms with Crippen molar-refractivity contribution in [2.24, 2.45) is 17.8 Å². The Labute approximate surface area is 72.6 Å². The van der Waals surface area contributed by atoms with Crippen LogP contribution in [-0.4, -0.2) is 12.6 Å². The quantitative estimate of drug-likeness (QED) is 0.458. The van der Waals surface area contributed by atoms with Gasteiger partial charge in [-0.15, -0.1) is 0 Å². The van der Waals surface area contributed by atoms with Crippen molar-refractivity contribution in [2.45, 2.75) is 13.3 Å². The lowest BCUT2D eigenvalue weighted by molar-refractivity contribution is -0.147. The zero-order valence-corrected chi connectivity index (χ0v) is 7.19. The fraction of sp³-hybridized carbons (Fsp3) is 0.600. The predicted octanol–water partition coefficient (Wildman–Crippen LogP) is 1.58. The Morgan fingerprint density at radius 2 is 2.42 bits per heavy atom. The molecule has 1 fully saturated rings. The molecule has 3 atom stereocenters. The summed E-state index contributed by atoms with van der Waals surface area (Å²) < 4.78 is 4.97. The van der Waals surface area contributed by atoms with E-state index in [9.17, 15) is 4.79 Å². The molecule has 65 valence electrons. The third-order valence-electron chi connectivity index (χ3n) is 2.62. The van der Waals surface area contributed by atoms with Gasteiger partial charge in [-0.3, -0.25) is 4.79 Å². The van der Waals surface area contributed by atoms with Gasteiger partial charge in [0, 0.05) is 0 Å². The Bertz CT molecular complexity index is 220. The van der Waals surface area contributed by atoms with E-state index in [1.54, 1.807) is 0 Å². The van der Waals surface area contributed by atoms with E-state index in [4.69, 9.17) is 4.74 Å². The molecule has 1 radical (unpaired) electrons. The van der Waals surface area contributed by atoms with Crippen LogP contribution in [0.3, 0.4) is 0 Å². The first-order valence-electron chi connectivity index (χ1n) is 4.51. The molecular formula is C10H13O2. The van der Waals surface area contributed by atoms with E-state index in [0.29, 0.717) is 18.4 Å². The van der Waals surface area contributed by atoms with Crippen LogP contribution in [0.1, 0.15) is 13.3 Å². The van der Waals surface area contributed by atoms with E-state index in [1.165, 1.54) is 0 Å². The standard InChI is InChI=1S/C10H13O2/c1-2-12-10(11)9-6-7-3-4-8(9)5-7/h3-4,6-9H,2,5H2,1H3. The zero-order chi connectivity index (χ0) is 8.55. The first-order valence-corrected chi connectivity index (χ1v) is 4.51. The molecule has 2 nitrogen and oxygen atoms in total. The number of ether oxygens (including phenoxy) is 1. The zero-order valence-electron chi connectivity index (χ0n) is 7.19. The Morgan fingerprint density at radius 1 is 1.58 bits per heavy atom. The third-order valence-corrected chi connectivity index (χ3v) is 2.62. The Morgan fingerprint density at radius 3 is 2.92 bits per heavy atom. The van der Waals surface area contributed by atoms with Gasteiger partial charge in [-0.2, -0.15) is 0 Å². The highest BCUT2D eigenvalue weighted by molar-refractivity contribution is 5.75. The summed E-state index contributed by atoms with van der Waals surface area (Å²) in [5.41, 5.74) is 0. The van der Waals surface area contributed by atoms with Crippen LogP contribution in [0.4, 0.5) is 0 Å². The van der Waals surface area contributed by atoms with Crippen LogP contribution in [0.5, 0.6) is 0 Å². The Kier molecular flexibility index (Phi) is 1.91. The molecule has 0 aromatic heterocycles. The largest absolute Gasteiger partial charge is 0.466 e. The molecular weight excluding hydrogens is 152 g/mol. The van der Waals surface area contributed by atoms with Crippen LogP contribution in [0.2, 0.25) is 0 Å². The van der Waals surface area contributed by atoms with Gasteiger partial charge in [0.15, 0.2) is 0 Å². The van der Waals surface area contributed by atoms with E-state index in [-0.39, 0.29) is 11.9 Å². The first-order chi connectivity index (χ1) is 5.81. The monoisotopic (exact) mass is 165 g/mol. The van der Waals surface area contributed by atoms with E-state index < -0.39 is 0 Å². The van der Waals surface area contributed by atoms with Crippen molar-refractivity contribution < 1.29 is 9.53 Å². The number of carbonyl (C=O) groups is 1. The van der Waals surface area contributed by atoms with Gasteiger partial charge < -0.3 is 4.74 Å². The van der Waals surface area contributed by atoms with E-state index >= 15 is 0 Å². The SMILES string of the molecule is CCOC(=O)C1[CH]C2C=CC1C2. The molecule has 2 rings (SSSR count). The average Bonchev–Trinajstić information content (AvgIpc) is 2.64. The molecule has 0 amide bonds. The normalized spacial score (nSPS) is 37.2. The minimum Gasteiger partial charge on any atom is -0.466 e. The summed E-state index contributed by atoms with van der Waals surface area (Å²) in [6.45, 7) is 2.34. The number of rotatable bonds is 2. The lowest BCUT2D eigenvalue weighted by atomic mass is 9.94. The number of fused-ring (bicyclic) bond motifs is 2. The van der Waals surface area contributed by atoms with Gasteiger partial charge in [0.05, 0.1) is 12.5 Å². The Hall–Kier alpha value is -0.790. The van der Waals surface area contributed by atoms with Gasteiger partial charge in [0.2, 0.25) is 0 Å². The second-order valence-corrected chi connectivity index (χ2v) is 3.42. The van der Waals surface area contributed by atoms with Gasteiger partial charge in [-0.1, -0.05) is 12.2 Å². The number of allylic oxidation sites excluding steroid dienone is 2. The maximum Gasteiger partial charge on any atom is 0.309 e. The summed E-state index contributed by atoms with van der Waals surface area (Å²) in [5.74, 6) is 0.952. The van der Waals surface area contributed by atoms with Gasteiger partial charge in [0.1, 0.15) is 0 Å². The fourth-order valence-electron chi connectivity index (χ4n) is 2.07. The van der Waals surface area contributed by atoms with Crippen LogP contribution in [0.25, 0.3) is 0 Å². The summed E-state index contributed by atoms with van der Waals surface area (Å²) in [7, 11) is 0. The first kappa shape index (κ1) is 7.84. The van der Waals surface area contributed by atoms with Crippen molar-refractivity contribution in [3.8, 4) is 0 Å². The minimum atomic E-state index is -0.0469. The van der Waals surface area contributed by atoms with E-state index in [0.717, 1.165) is 6.42 Å². The second kappa shape index (κ2) is 2.92. The van der Waals surface area contributed by atoms with Crippen LogP contribution >= 0.6 is 0 Å². The molecule has 0 saturated heterocycles. The molecule has 2 aliphatic rings. The van der Waals surface area contributed by atoms with Crippen molar-refractivity contribution >= 4 is 5.97 Å². The molecule has 0 N–H and O–H groups in total. The number of hydrogen-bond donors (Lipinski definition) is 0. The lowest BCUT2D eigenvalue weighted by Gasteiger charge is -2.15. The van der Waals surface area contributed by atoms with E-state index in [2.05, 4.69) is 18.6 Å². The Balaban J connectivity index is 1.98. The third kappa shape index (κ3) is 1.15. The number of carbonyl (C=O) groups excluding carboxylic acids is 1. The molecule has 3 unspecified atom stereocenters. The summed E-state index contributed by atoms with van der Waals surface area (Å²) >= 11 is 0. The van der Waals surface area contributed by atoms with E-state index in [1.807, 2.05) is 6.92 Å².